The van der Waals surface area contributed by atoms with Gasteiger partial charge in [-0.15, -0.1) is 0 Å². The summed E-state index contributed by atoms with van der Waals surface area (Å²) in [5.41, 5.74) is 1.67. The molecule has 1 aromatic heterocycles. The van der Waals surface area contributed by atoms with Crippen LogP contribution in [0.1, 0.15) is 69.3 Å². The molecule has 0 saturated heterocycles. The molecule has 7 heteroatoms. The Bertz CT molecular complexity index is 1230. The maximum absolute atomic E-state index is 13.4. The molecule has 5 rings (SSSR count). The molecule has 2 atom stereocenters. The summed E-state index contributed by atoms with van der Waals surface area (Å²) in [5.74, 6) is 1.36. The third kappa shape index (κ3) is 4.79. The van der Waals surface area contributed by atoms with E-state index in [1.807, 2.05) is 56.0 Å². The first-order valence-electron chi connectivity index (χ1n) is 12.2. The molecule has 1 amide bonds. The number of hydrogen-bond acceptors (Lipinski definition) is 6. The third-order valence-electron chi connectivity index (χ3n) is 6.96. The van der Waals surface area contributed by atoms with Crippen LogP contribution in [0.5, 0.6) is 0 Å². The van der Waals surface area contributed by atoms with Crippen LogP contribution in [0.4, 0.5) is 4.79 Å². The number of carbonyl (C=O) groups is 1. The van der Waals surface area contributed by atoms with Crippen molar-refractivity contribution in [1.82, 2.24) is 15.0 Å². The van der Waals surface area contributed by atoms with Crippen LogP contribution in [0.25, 0.3) is 11.5 Å². The van der Waals surface area contributed by atoms with Crippen molar-refractivity contribution in [3.05, 3.63) is 71.5 Å². The van der Waals surface area contributed by atoms with E-state index >= 15 is 0 Å². The Hall–Kier alpha value is -3.66. The normalized spacial score (nSPS) is 20.4. The Labute approximate surface area is 205 Å². The van der Waals surface area contributed by atoms with Gasteiger partial charge in [0.15, 0.2) is 5.82 Å². The third-order valence-corrected chi connectivity index (χ3v) is 6.96. The Kier molecular flexibility index (Phi) is 5.84. The van der Waals surface area contributed by atoms with Gasteiger partial charge in [-0.25, -0.2) is 4.79 Å². The van der Waals surface area contributed by atoms with Crippen LogP contribution in [0.15, 0.2) is 59.1 Å². The van der Waals surface area contributed by atoms with Gasteiger partial charge in [0.2, 0.25) is 0 Å². The summed E-state index contributed by atoms with van der Waals surface area (Å²) in [6, 6.07) is 19.6. The van der Waals surface area contributed by atoms with Crippen molar-refractivity contribution in [2.45, 2.75) is 69.4 Å². The number of ether oxygens (including phenoxy) is 1. The molecular weight excluding hydrogens is 440 g/mol. The maximum atomic E-state index is 13.4. The smallest absolute Gasteiger partial charge is 0.410 e. The molecule has 2 fully saturated rings. The van der Waals surface area contributed by atoms with Gasteiger partial charge in [-0.2, -0.15) is 10.2 Å². The van der Waals surface area contributed by atoms with E-state index in [1.54, 1.807) is 12.1 Å². The number of nitrogens with zero attached hydrogens (tertiary/aromatic N) is 4. The Balaban J connectivity index is 1.40. The van der Waals surface area contributed by atoms with E-state index < -0.39 is 5.60 Å². The van der Waals surface area contributed by atoms with Crippen LogP contribution in [-0.2, 0) is 10.2 Å². The lowest BCUT2D eigenvalue weighted by molar-refractivity contribution is 0.0123. The molecule has 2 aliphatic carbocycles. The van der Waals surface area contributed by atoms with Gasteiger partial charge >= 0.3 is 6.09 Å². The van der Waals surface area contributed by atoms with Crippen LogP contribution in [0, 0.1) is 11.3 Å². The maximum Gasteiger partial charge on any atom is 0.410 e. The Morgan fingerprint density at radius 2 is 1.89 bits per heavy atom. The Morgan fingerprint density at radius 3 is 2.49 bits per heavy atom. The molecule has 3 aromatic rings. The second-order valence-corrected chi connectivity index (χ2v) is 10.7. The van der Waals surface area contributed by atoms with E-state index in [0.717, 1.165) is 31.2 Å². The molecule has 35 heavy (non-hydrogen) atoms. The zero-order chi connectivity index (χ0) is 24.6. The average molecular weight is 471 g/mol. The van der Waals surface area contributed by atoms with Crippen LogP contribution in [-0.4, -0.2) is 39.3 Å². The van der Waals surface area contributed by atoms with Gasteiger partial charge < -0.3 is 14.2 Å². The summed E-state index contributed by atoms with van der Waals surface area (Å²) >= 11 is 0. The van der Waals surface area contributed by atoms with Crippen LogP contribution in [0.3, 0.4) is 0 Å². The molecule has 2 aromatic carbocycles. The quantitative estimate of drug-likeness (QED) is 0.450. The highest BCUT2D eigenvalue weighted by Crippen LogP contribution is 2.49. The van der Waals surface area contributed by atoms with E-state index in [4.69, 9.17) is 19.5 Å². The highest BCUT2D eigenvalue weighted by atomic mass is 16.6. The van der Waals surface area contributed by atoms with Gasteiger partial charge in [0, 0.05) is 24.1 Å². The van der Waals surface area contributed by atoms with E-state index in [-0.39, 0.29) is 17.6 Å². The summed E-state index contributed by atoms with van der Waals surface area (Å²) in [6.45, 7) is 6.19. The number of rotatable bonds is 6. The molecule has 180 valence electrons. The monoisotopic (exact) mass is 470 g/mol. The fraction of sp³-hybridized carbons (Fsp3) is 0.429. The number of carbonyl (C=O) groups excluding carboxylic acids is 1. The summed E-state index contributed by atoms with van der Waals surface area (Å²) in [7, 11) is 0. The van der Waals surface area contributed by atoms with Crippen molar-refractivity contribution in [1.29, 1.82) is 5.26 Å². The number of aromatic nitrogens is 2. The molecule has 0 aliphatic heterocycles. The molecule has 1 unspecified atom stereocenters. The predicted molar refractivity (Wildman–Crippen MR) is 131 cm³/mol. The average Bonchev–Trinajstić information content (AvgIpc) is 3.45. The highest BCUT2D eigenvalue weighted by Gasteiger charge is 2.52. The molecule has 0 radical (unpaired) electrons. The summed E-state index contributed by atoms with van der Waals surface area (Å²) < 4.78 is 11.4. The zero-order valence-electron chi connectivity index (χ0n) is 20.4. The predicted octanol–water partition coefficient (Wildman–Crippen LogP) is 5.82. The SMILES string of the molecule is CC(C)(C)OC(=O)N(CC1(c2noc(-c3ccc(C#N)cc3)n2)CCC1)C1C[C@@H]1c1ccccc1. The molecule has 0 N–H and O–H groups in total. The van der Waals surface area contributed by atoms with Crippen molar-refractivity contribution in [2.75, 3.05) is 6.54 Å². The minimum absolute atomic E-state index is 0.0922. The van der Waals surface area contributed by atoms with Crippen molar-refractivity contribution in [3.8, 4) is 17.5 Å². The second-order valence-electron chi connectivity index (χ2n) is 10.7. The standard InChI is InChI=1S/C28H30N4O3/c1-27(2,3)34-26(33)32(23-16-22(23)20-8-5-4-6-9-20)18-28(14-7-15-28)25-30-24(35-31-25)21-12-10-19(17-29)11-13-21/h4-6,8-13,22-23H,7,14-16,18H2,1-3H3/t22-,23?/m1/s1. The van der Waals surface area contributed by atoms with Gasteiger partial charge in [0.05, 0.1) is 17.0 Å². The van der Waals surface area contributed by atoms with Crippen molar-refractivity contribution < 1.29 is 14.1 Å². The number of benzene rings is 2. The molecule has 7 nitrogen and oxygen atoms in total. The topological polar surface area (TPSA) is 92.2 Å². The van der Waals surface area contributed by atoms with Crippen molar-refractivity contribution >= 4 is 6.09 Å². The molecule has 2 saturated carbocycles. The van der Waals surface area contributed by atoms with Crippen LogP contribution in [0.2, 0.25) is 0 Å². The molecule has 2 aliphatic rings. The van der Waals surface area contributed by atoms with E-state index in [0.29, 0.717) is 29.7 Å². The van der Waals surface area contributed by atoms with Gasteiger partial charge in [-0.05, 0) is 69.9 Å². The van der Waals surface area contributed by atoms with Crippen LogP contribution >= 0.6 is 0 Å². The van der Waals surface area contributed by atoms with E-state index in [9.17, 15) is 4.79 Å². The fourth-order valence-corrected chi connectivity index (χ4v) is 4.85. The molecular formula is C28H30N4O3. The number of hydrogen-bond donors (Lipinski definition) is 0. The summed E-state index contributed by atoms with van der Waals surface area (Å²) in [6.07, 6.45) is 3.46. The van der Waals surface area contributed by atoms with Gasteiger partial charge in [-0.3, -0.25) is 0 Å². The fourth-order valence-electron chi connectivity index (χ4n) is 4.85. The van der Waals surface area contributed by atoms with E-state index in [1.165, 1.54) is 5.56 Å². The largest absolute Gasteiger partial charge is 0.444 e. The first-order chi connectivity index (χ1) is 16.8. The minimum Gasteiger partial charge on any atom is -0.444 e. The second kappa shape index (κ2) is 8.84. The minimum atomic E-state index is -0.575. The van der Waals surface area contributed by atoms with Crippen molar-refractivity contribution in [2.24, 2.45) is 0 Å². The lowest BCUT2D eigenvalue weighted by Crippen LogP contribution is -2.50. The van der Waals surface area contributed by atoms with Crippen LogP contribution < -0.4 is 0 Å². The summed E-state index contributed by atoms with van der Waals surface area (Å²) in [5, 5.41) is 13.4. The molecule has 0 spiro atoms. The summed E-state index contributed by atoms with van der Waals surface area (Å²) in [4.78, 5) is 20.0. The lowest BCUT2D eigenvalue weighted by atomic mass is 9.67. The first-order valence-corrected chi connectivity index (χ1v) is 12.2. The number of amides is 1. The van der Waals surface area contributed by atoms with Gasteiger partial charge in [-0.1, -0.05) is 41.9 Å². The molecule has 0 bridgehead atoms. The highest BCUT2D eigenvalue weighted by molar-refractivity contribution is 5.70. The Morgan fingerprint density at radius 1 is 1.17 bits per heavy atom. The zero-order valence-corrected chi connectivity index (χ0v) is 20.4. The first kappa shape index (κ1) is 23.1. The van der Waals surface area contributed by atoms with Gasteiger partial charge in [0.1, 0.15) is 5.60 Å². The van der Waals surface area contributed by atoms with Crippen molar-refractivity contribution in [3.63, 3.8) is 0 Å². The number of nitriles is 1. The van der Waals surface area contributed by atoms with E-state index in [2.05, 4.69) is 23.4 Å². The molecule has 1 heterocycles. The lowest BCUT2D eigenvalue weighted by Gasteiger charge is -2.43. The van der Waals surface area contributed by atoms with Gasteiger partial charge in [0.25, 0.3) is 5.89 Å².